The number of nitrogens with zero attached hydrogens (tertiary/aromatic N) is 4. The number of likely N-dealkylation sites (tertiary alicyclic amines) is 1. The van der Waals surface area contributed by atoms with Crippen molar-refractivity contribution in [2.45, 2.75) is 32.0 Å². The molecule has 0 bridgehead atoms. The highest BCUT2D eigenvalue weighted by Gasteiger charge is 2.25. The standard InChI is InChI=1S/C33H29ClFN5O/c34-27-18-24-21-39(25-6-2-1-3-7-25)32(36-30(24)19-28(27)35)23-12-10-22(11-13-23)20-38-16-14-26(15-17-38)40-31-9-5-4-8-29(31)37-33(40)41/h1-13,18-19,26H,14-17,20-21H2,(H,37,41). The van der Waals surface area contributed by atoms with Gasteiger partial charge in [-0.05, 0) is 54.3 Å². The average molecular weight is 566 g/mol. The SMILES string of the molecule is O=c1[nH]c2ccccc2n1C1CCN(Cc2ccc(C3=Nc4cc(F)c(Cl)cc4CN3c3ccccc3)cc2)CC1. The highest BCUT2D eigenvalue weighted by atomic mass is 35.5. The number of aromatic nitrogens is 2. The van der Waals surface area contributed by atoms with E-state index < -0.39 is 5.82 Å². The van der Waals surface area contributed by atoms with Gasteiger partial charge < -0.3 is 9.88 Å². The second-order valence-corrected chi connectivity index (χ2v) is 11.2. The fourth-order valence-corrected chi connectivity index (χ4v) is 6.25. The Balaban J connectivity index is 1.09. The monoisotopic (exact) mass is 565 g/mol. The molecule has 0 atom stereocenters. The molecule has 0 amide bonds. The molecule has 206 valence electrons. The lowest BCUT2D eigenvalue weighted by Gasteiger charge is -2.33. The molecule has 7 rings (SSSR count). The van der Waals surface area contributed by atoms with Gasteiger partial charge in [-0.25, -0.2) is 14.2 Å². The molecule has 1 aromatic heterocycles. The Morgan fingerprint density at radius 2 is 1.66 bits per heavy atom. The number of rotatable bonds is 5. The molecule has 0 aliphatic carbocycles. The van der Waals surface area contributed by atoms with Crippen LogP contribution in [0.3, 0.4) is 0 Å². The van der Waals surface area contributed by atoms with Crippen molar-refractivity contribution in [3.05, 3.63) is 129 Å². The van der Waals surface area contributed by atoms with E-state index >= 15 is 0 Å². The summed E-state index contributed by atoms with van der Waals surface area (Å²) in [5, 5.41) is 0.109. The number of nitrogens with one attached hydrogen (secondary N) is 1. The van der Waals surface area contributed by atoms with Crippen molar-refractivity contribution >= 4 is 39.8 Å². The van der Waals surface area contributed by atoms with Crippen LogP contribution < -0.4 is 10.6 Å². The van der Waals surface area contributed by atoms with Crippen LogP contribution in [0.25, 0.3) is 11.0 Å². The van der Waals surface area contributed by atoms with Crippen LogP contribution in [0.1, 0.15) is 35.6 Å². The molecule has 5 aromatic rings. The molecule has 41 heavy (non-hydrogen) atoms. The molecule has 0 spiro atoms. The molecule has 1 N–H and O–H groups in total. The van der Waals surface area contributed by atoms with Crippen LogP contribution in [0.15, 0.2) is 101 Å². The van der Waals surface area contributed by atoms with E-state index in [2.05, 4.69) is 39.0 Å². The maximum Gasteiger partial charge on any atom is 0.326 e. The van der Waals surface area contributed by atoms with Gasteiger partial charge >= 0.3 is 5.69 Å². The summed E-state index contributed by atoms with van der Waals surface area (Å²) in [4.78, 5) is 25.1. The lowest BCUT2D eigenvalue weighted by molar-refractivity contribution is 0.180. The zero-order chi connectivity index (χ0) is 27.9. The van der Waals surface area contributed by atoms with Crippen molar-refractivity contribution in [1.82, 2.24) is 14.5 Å². The third-order valence-corrected chi connectivity index (χ3v) is 8.45. The van der Waals surface area contributed by atoms with E-state index in [-0.39, 0.29) is 16.8 Å². The third kappa shape index (κ3) is 4.96. The predicted molar refractivity (Wildman–Crippen MR) is 163 cm³/mol. The van der Waals surface area contributed by atoms with E-state index in [4.69, 9.17) is 16.6 Å². The van der Waals surface area contributed by atoms with Crippen LogP contribution in [0.5, 0.6) is 0 Å². The predicted octanol–water partition coefficient (Wildman–Crippen LogP) is 7.06. The van der Waals surface area contributed by atoms with Crippen LogP contribution in [-0.2, 0) is 13.1 Å². The van der Waals surface area contributed by atoms with Crippen LogP contribution in [0.2, 0.25) is 5.02 Å². The second kappa shape index (κ2) is 10.7. The van der Waals surface area contributed by atoms with Crippen molar-refractivity contribution < 1.29 is 4.39 Å². The average Bonchev–Trinajstić information content (AvgIpc) is 3.34. The maximum atomic E-state index is 14.3. The highest BCUT2D eigenvalue weighted by molar-refractivity contribution is 6.31. The number of halogens is 2. The third-order valence-electron chi connectivity index (χ3n) is 8.16. The van der Waals surface area contributed by atoms with Gasteiger partial charge in [0.15, 0.2) is 0 Å². The summed E-state index contributed by atoms with van der Waals surface area (Å²) in [7, 11) is 0. The molecule has 4 aromatic carbocycles. The van der Waals surface area contributed by atoms with Crippen LogP contribution >= 0.6 is 11.6 Å². The summed E-state index contributed by atoms with van der Waals surface area (Å²) in [5.41, 5.74) is 6.55. The first kappa shape index (κ1) is 25.7. The summed E-state index contributed by atoms with van der Waals surface area (Å²) < 4.78 is 16.2. The summed E-state index contributed by atoms with van der Waals surface area (Å²) in [6.07, 6.45) is 1.87. The number of amidine groups is 1. The number of aromatic amines is 1. The van der Waals surface area contributed by atoms with Crippen molar-refractivity contribution in [1.29, 1.82) is 0 Å². The Bertz CT molecular complexity index is 1800. The maximum absolute atomic E-state index is 14.3. The van der Waals surface area contributed by atoms with E-state index in [1.165, 1.54) is 11.6 Å². The van der Waals surface area contributed by atoms with Gasteiger partial charge in [0.05, 0.1) is 28.3 Å². The topological polar surface area (TPSA) is 56.6 Å². The highest BCUT2D eigenvalue weighted by Crippen LogP contribution is 2.35. The zero-order valence-electron chi connectivity index (χ0n) is 22.4. The van der Waals surface area contributed by atoms with Crippen LogP contribution in [0, 0.1) is 5.82 Å². The van der Waals surface area contributed by atoms with Crippen molar-refractivity contribution in [2.75, 3.05) is 18.0 Å². The van der Waals surface area contributed by atoms with Gasteiger partial charge in [0.25, 0.3) is 0 Å². The molecule has 1 fully saturated rings. The molecular formula is C33H29ClFN5O. The molecule has 0 radical (unpaired) electrons. The Kier molecular flexibility index (Phi) is 6.69. The molecule has 6 nitrogen and oxygen atoms in total. The number of fused-ring (bicyclic) bond motifs is 2. The Labute approximate surface area is 242 Å². The van der Waals surface area contributed by atoms with Crippen molar-refractivity contribution in [3.63, 3.8) is 0 Å². The first-order valence-electron chi connectivity index (χ1n) is 13.9. The molecule has 0 saturated carbocycles. The van der Waals surface area contributed by atoms with Gasteiger partial charge in [-0.3, -0.25) is 9.47 Å². The van der Waals surface area contributed by atoms with Crippen molar-refractivity contribution in [2.24, 2.45) is 4.99 Å². The lowest BCUT2D eigenvalue weighted by Crippen LogP contribution is -2.36. The fourth-order valence-electron chi connectivity index (χ4n) is 6.06. The van der Waals surface area contributed by atoms with Crippen molar-refractivity contribution in [3.8, 4) is 0 Å². The smallest absolute Gasteiger partial charge is 0.321 e. The lowest BCUT2D eigenvalue weighted by atomic mass is 10.0. The first-order valence-corrected chi connectivity index (χ1v) is 14.3. The number of benzene rings is 4. The summed E-state index contributed by atoms with van der Waals surface area (Å²) in [6, 6.07) is 29.8. The van der Waals surface area contributed by atoms with Gasteiger partial charge in [0.1, 0.15) is 11.7 Å². The summed E-state index contributed by atoms with van der Waals surface area (Å²) in [5.74, 6) is 0.317. The number of imidazole rings is 1. The molecule has 8 heteroatoms. The first-order chi connectivity index (χ1) is 20.0. The van der Waals surface area contributed by atoms with E-state index in [0.29, 0.717) is 12.2 Å². The zero-order valence-corrected chi connectivity index (χ0v) is 23.2. The van der Waals surface area contributed by atoms with E-state index in [1.807, 2.05) is 59.2 Å². The Hall–Kier alpha value is -4.20. The van der Waals surface area contributed by atoms with Gasteiger partial charge in [0.2, 0.25) is 0 Å². The number of aliphatic imine (C=N–C) groups is 1. The number of para-hydroxylation sites is 3. The minimum Gasteiger partial charge on any atom is -0.321 e. The normalized spacial score (nSPS) is 16.1. The van der Waals surface area contributed by atoms with E-state index in [0.717, 1.165) is 66.2 Å². The largest absolute Gasteiger partial charge is 0.326 e. The fraction of sp³-hybridized carbons (Fsp3) is 0.212. The molecule has 1 saturated heterocycles. The van der Waals surface area contributed by atoms with Gasteiger partial charge in [0, 0.05) is 43.0 Å². The number of H-pyrrole nitrogens is 1. The molecule has 0 unspecified atom stereocenters. The van der Waals surface area contributed by atoms with Gasteiger partial charge in [-0.1, -0.05) is 66.2 Å². The summed E-state index contributed by atoms with van der Waals surface area (Å²) >= 11 is 6.09. The second-order valence-electron chi connectivity index (χ2n) is 10.8. The van der Waals surface area contributed by atoms with E-state index in [9.17, 15) is 9.18 Å². The Morgan fingerprint density at radius 1 is 0.927 bits per heavy atom. The van der Waals surface area contributed by atoms with E-state index in [1.54, 1.807) is 6.07 Å². The quantitative estimate of drug-likeness (QED) is 0.248. The number of hydrogen-bond donors (Lipinski definition) is 1. The molecular weight excluding hydrogens is 537 g/mol. The number of anilines is 1. The van der Waals surface area contributed by atoms with Gasteiger partial charge in [-0.2, -0.15) is 0 Å². The summed E-state index contributed by atoms with van der Waals surface area (Å²) in [6.45, 7) is 3.25. The molecule has 3 heterocycles. The number of piperidine rings is 1. The Morgan fingerprint density at radius 3 is 2.44 bits per heavy atom. The van der Waals surface area contributed by atoms with Crippen LogP contribution in [0.4, 0.5) is 15.8 Å². The number of hydrogen-bond acceptors (Lipinski definition) is 4. The molecule has 2 aliphatic heterocycles. The van der Waals surface area contributed by atoms with Gasteiger partial charge in [-0.15, -0.1) is 0 Å². The molecule has 2 aliphatic rings. The van der Waals surface area contributed by atoms with Crippen LogP contribution in [-0.4, -0.2) is 33.4 Å². The minimum atomic E-state index is -0.463. The minimum absolute atomic E-state index is 0.0242.